The topological polar surface area (TPSA) is 80.0 Å². The molecular formula is C26H31NO5. The Morgan fingerprint density at radius 3 is 2.41 bits per heavy atom. The zero-order valence-electron chi connectivity index (χ0n) is 19.2. The van der Waals surface area contributed by atoms with E-state index in [1.807, 2.05) is 38.1 Å². The summed E-state index contributed by atoms with van der Waals surface area (Å²) in [4.78, 5) is 27.4. The van der Waals surface area contributed by atoms with Crippen LogP contribution in [-0.4, -0.2) is 30.1 Å². The van der Waals surface area contributed by atoms with Crippen LogP contribution in [0.2, 0.25) is 0 Å². The summed E-state index contributed by atoms with van der Waals surface area (Å²) in [5, 5.41) is 11.7. The third-order valence-electron chi connectivity index (χ3n) is 6.57. The molecular weight excluding hydrogens is 406 g/mol. The fourth-order valence-corrected chi connectivity index (χ4v) is 4.84. The van der Waals surface area contributed by atoms with Gasteiger partial charge in [-0.2, -0.15) is 0 Å². The second-order valence-corrected chi connectivity index (χ2v) is 9.30. The Kier molecular flexibility index (Phi) is 6.24. The molecule has 1 saturated carbocycles. The van der Waals surface area contributed by atoms with Crippen molar-refractivity contribution in [2.24, 2.45) is 11.8 Å². The van der Waals surface area contributed by atoms with Crippen molar-refractivity contribution in [1.29, 1.82) is 0 Å². The Labute approximate surface area is 188 Å². The van der Waals surface area contributed by atoms with Gasteiger partial charge in [0.1, 0.15) is 11.2 Å². The molecule has 1 amide bonds. The van der Waals surface area contributed by atoms with Gasteiger partial charge in [0, 0.05) is 29.8 Å². The molecule has 6 nitrogen and oxygen atoms in total. The van der Waals surface area contributed by atoms with Crippen molar-refractivity contribution in [2.45, 2.75) is 59.1 Å². The highest BCUT2D eigenvalue weighted by Crippen LogP contribution is 2.38. The second-order valence-electron chi connectivity index (χ2n) is 9.30. The number of fused-ring (bicyclic) bond motifs is 3. The molecule has 3 aromatic rings. The standard InChI is InChI=1S/C26H31NO5/c1-15(2)27(25(28)18-8-5-16(3)6-9-18)22-12-20-19-10-7-17(14-31-4)11-23(19)32-24(20)13-21(22)26(29)30/h7,10-13,15-16,18H,5-6,8-9,14H2,1-4H3,(H,29,30). The fourth-order valence-electron chi connectivity index (χ4n) is 4.84. The van der Waals surface area contributed by atoms with Gasteiger partial charge in [-0.3, -0.25) is 4.79 Å². The number of carbonyl (C=O) groups is 2. The van der Waals surface area contributed by atoms with Gasteiger partial charge in [0.25, 0.3) is 0 Å². The average molecular weight is 438 g/mol. The largest absolute Gasteiger partial charge is 0.478 e. The molecule has 4 rings (SSSR count). The van der Waals surface area contributed by atoms with Crippen LogP contribution in [0.1, 0.15) is 62.4 Å². The van der Waals surface area contributed by atoms with Crippen LogP contribution >= 0.6 is 0 Å². The Bertz CT molecular complexity index is 1150. The number of amides is 1. The van der Waals surface area contributed by atoms with Gasteiger partial charge in [0.2, 0.25) is 5.91 Å². The van der Waals surface area contributed by atoms with Crippen molar-refractivity contribution in [1.82, 2.24) is 0 Å². The molecule has 1 aromatic heterocycles. The molecule has 0 atom stereocenters. The third-order valence-corrected chi connectivity index (χ3v) is 6.57. The lowest BCUT2D eigenvalue weighted by atomic mass is 9.82. The predicted octanol–water partition coefficient (Wildman–Crippen LogP) is 6.00. The number of benzene rings is 2. The summed E-state index contributed by atoms with van der Waals surface area (Å²) in [5.41, 5.74) is 2.67. The Morgan fingerprint density at radius 1 is 1.09 bits per heavy atom. The first-order valence-electron chi connectivity index (χ1n) is 11.3. The average Bonchev–Trinajstić information content (AvgIpc) is 3.10. The van der Waals surface area contributed by atoms with Gasteiger partial charge >= 0.3 is 5.97 Å². The van der Waals surface area contributed by atoms with Crippen molar-refractivity contribution in [3.05, 3.63) is 41.5 Å². The monoisotopic (exact) mass is 437 g/mol. The summed E-state index contributed by atoms with van der Waals surface area (Å²) in [6.45, 7) is 6.56. The molecule has 1 aliphatic carbocycles. The van der Waals surface area contributed by atoms with Crippen molar-refractivity contribution < 1.29 is 23.8 Å². The lowest BCUT2D eigenvalue weighted by Crippen LogP contribution is -2.42. The number of furan rings is 1. The Morgan fingerprint density at radius 2 is 1.78 bits per heavy atom. The number of aromatic carboxylic acids is 1. The molecule has 1 aliphatic rings. The lowest BCUT2D eigenvalue weighted by Gasteiger charge is -2.34. The first-order chi connectivity index (χ1) is 15.3. The molecule has 2 aromatic carbocycles. The SMILES string of the molecule is COCc1ccc2c(c1)oc1cc(C(=O)O)c(N(C(=O)C3CCC(C)CC3)C(C)C)cc12. The predicted molar refractivity (Wildman–Crippen MR) is 125 cm³/mol. The number of anilines is 1. The number of methoxy groups -OCH3 is 1. The summed E-state index contributed by atoms with van der Waals surface area (Å²) < 4.78 is 11.2. The van der Waals surface area contributed by atoms with E-state index in [0.29, 0.717) is 29.4 Å². The van der Waals surface area contributed by atoms with Crippen LogP contribution < -0.4 is 4.90 Å². The summed E-state index contributed by atoms with van der Waals surface area (Å²) in [6, 6.07) is 9.04. The van der Waals surface area contributed by atoms with E-state index in [2.05, 4.69) is 6.92 Å². The van der Waals surface area contributed by atoms with Crippen molar-refractivity contribution >= 4 is 39.5 Å². The van der Waals surface area contributed by atoms with Crippen molar-refractivity contribution in [3.8, 4) is 0 Å². The first kappa shape index (κ1) is 22.3. The van der Waals surface area contributed by atoms with Crippen LogP contribution in [0.15, 0.2) is 34.7 Å². The molecule has 6 heteroatoms. The summed E-state index contributed by atoms with van der Waals surface area (Å²) in [5.74, 6) is -0.483. The van der Waals surface area contributed by atoms with Gasteiger partial charge in [-0.05, 0) is 69.2 Å². The zero-order chi connectivity index (χ0) is 23.0. The van der Waals surface area contributed by atoms with Gasteiger partial charge in [-0.25, -0.2) is 4.79 Å². The minimum atomic E-state index is -1.07. The van der Waals surface area contributed by atoms with Crippen LogP contribution in [0.3, 0.4) is 0 Å². The summed E-state index contributed by atoms with van der Waals surface area (Å²) in [6.07, 6.45) is 3.77. The molecule has 0 radical (unpaired) electrons. The number of carboxylic acids is 1. The highest BCUT2D eigenvalue weighted by Gasteiger charge is 2.32. The number of hydrogen-bond donors (Lipinski definition) is 1. The normalized spacial score (nSPS) is 19.0. The molecule has 0 aliphatic heterocycles. The maximum absolute atomic E-state index is 13.6. The van der Waals surface area contributed by atoms with Gasteiger partial charge in [0.15, 0.2) is 0 Å². The maximum Gasteiger partial charge on any atom is 0.337 e. The van der Waals surface area contributed by atoms with E-state index in [-0.39, 0.29) is 23.4 Å². The molecule has 1 fully saturated rings. The van der Waals surface area contributed by atoms with Gasteiger partial charge in [-0.15, -0.1) is 0 Å². The zero-order valence-corrected chi connectivity index (χ0v) is 19.2. The number of nitrogens with zero attached hydrogens (tertiary/aromatic N) is 1. The Hall–Kier alpha value is -2.86. The molecule has 0 spiro atoms. The minimum Gasteiger partial charge on any atom is -0.478 e. The van der Waals surface area contributed by atoms with Gasteiger partial charge in [0.05, 0.1) is 17.9 Å². The van der Waals surface area contributed by atoms with Crippen LogP contribution in [0, 0.1) is 11.8 Å². The number of hydrogen-bond acceptors (Lipinski definition) is 4. The minimum absolute atomic E-state index is 0.0175. The number of carboxylic acid groups (broad SMARTS) is 1. The lowest BCUT2D eigenvalue weighted by molar-refractivity contribution is -0.123. The van der Waals surface area contributed by atoms with E-state index in [1.165, 1.54) is 0 Å². The van der Waals surface area contributed by atoms with Gasteiger partial charge in [-0.1, -0.05) is 19.1 Å². The quantitative estimate of drug-likeness (QED) is 0.512. The molecule has 170 valence electrons. The number of carbonyl (C=O) groups excluding carboxylic acids is 1. The highest BCUT2D eigenvalue weighted by molar-refractivity contribution is 6.12. The van der Waals surface area contributed by atoms with E-state index >= 15 is 0 Å². The second kappa shape index (κ2) is 8.94. The van der Waals surface area contributed by atoms with E-state index in [9.17, 15) is 14.7 Å². The van der Waals surface area contributed by atoms with Crippen LogP contribution in [-0.2, 0) is 16.1 Å². The Balaban J connectivity index is 1.84. The molecule has 1 heterocycles. The summed E-state index contributed by atoms with van der Waals surface area (Å²) >= 11 is 0. The fraction of sp³-hybridized carbons (Fsp3) is 0.462. The maximum atomic E-state index is 13.6. The van der Waals surface area contributed by atoms with E-state index in [1.54, 1.807) is 18.1 Å². The molecule has 0 unspecified atom stereocenters. The number of rotatable bonds is 6. The van der Waals surface area contributed by atoms with E-state index in [0.717, 1.165) is 42.0 Å². The van der Waals surface area contributed by atoms with Crippen molar-refractivity contribution in [3.63, 3.8) is 0 Å². The van der Waals surface area contributed by atoms with E-state index in [4.69, 9.17) is 9.15 Å². The first-order valence-corrected chi connectivity index (χ1v) is 11.3. The van der Waals surface area contributed by atoms with E-state index < -0.39 is 5.97 Å². The van der Waals surface area contributed by atoms with Crippen LogP contribution in [0.25, 0.3) is 21.9 Å². The van der Waals surface area contributed by atoms with Crippen LogP contribution in [0.4, 0.5) is 5.69 Å². The molecule has 0 bridgehead atoms. The van der Waals surface area contributed by atoms with Gasteiger partial charge < -0.3 is 19.2 Å². The summed E-state index contributed by atoms with van der Waals surface area (Å²) in [7, 11) is 1.64. The molecule has 32 heavy (non-hydrogen) atoms. The van der Waals surface area contributed by atoms with Crippen LogP contribution in [0.5, 0.6) is 0 Å². The molecule has 0 saturated heterocycles. The third kappa shape index (κ3) is 4.11. The molecule has 1 N–H and O–H groups in total. The smallest absolute Gasteiger partial charge is 0.337 e. The number of ether oxygens (including phenoxy) is 1. The van der Waals surface area contributed by atoms with Crippen molar-refractivity contribution in [2.75, 3.05) is 12.0 Å². The highest BCUT2D eigenvalue weighted by atomic mass is 16.5.